The second-order valence-electron chi connectivity index (χ2n) is 4.97. The van der Waals surface area contributed by atoms with Crippen LogP contribution in [-0.2, 0) is 0 Å². The third kappa shape index (κ3) is 3.32. The summed E-state index contributed by atoms with van der Waals surface area (Å²) >= 11 is 0. The fraction of sp³-hybridized carbons (Fsp3) is 0.0588. The van der Waals surface area contributed by atoms with Gasteiger partial charge in [0.15, 0.2) is 5.56 Å². The zero-order chi connectivity index (χ0) is 17.8. The van der Waals surface area contributed by atoms with Gasteiger partial charge >= 0.3 is 5.97 Å². The number of ether oxygens (including phenoxy) is 1. The molecule has 8 heteroatoms. The minimum Gasteiger partial charge on any atom is -0.497 e. The molecule has 0 fully saturated rings. The number of amides is 1. The Bertz CT molecular complexity index is 921. The number of carbonyl (C=O) groups excluding carboxylic acids is 1. The van der Waals surface area contributed by atoms with Crippen molar-refractivity contribution in [3.8, 4) is 17.0 Å². The van der Waals surface area contributed by atoms with Crippen molar-refractivity contribution in [3.63, 3.8) is 0 Å². The molecule has 126 valence electrons. The van der Waals surface area contributed by atoms with E-state index in [1.54, 1.807) is 36.5 Å². The highest BCUT2D eigenvalue weighted by Gasteiger charge is 2.25. The van der Waals surface area contributed by atoms with E-state index >= 15 is 0 Å². The van der Waals surface area contributed by atoms with Crippen LogP contribution in [0.3, 0.4) is 0 Å². The number of nitrogens with one attached hydrogen (secondary N) is 1. The van der Waals surface area contributed by atoms with Crippen molar-refractivity contribution in [1.82, 2.24) is 10.1 Å². The Morgan fingerprint density at radius 2 is 2.08 bits per heavy atom. The lowest BCUT2D eigenvalue weighted by Crippen LogP contribution is -2.14. The number of benzene rings is 1. The molecule has 0 aliphatic heterocycles. The van der Waals surface area contributed by atoms with Gasteiger partial charge in [-0.25, -0.2) is 4.79 Å². The van der Waals surface area contributed by atoms with Crippen molar-refractivity contribution >= 4 is 17.8 Å². The van der Waals surface area contributed by atoms with Gasteiger partial charge in [-0.15, -0.1) is 0 Å². The van der Waals surface area contributed by atoms with Crippen molar-refractivity contribution in [3.05, 3.63) is 59.9 Å². The maximum Gasteiger partial charge on any atom is 0.343 e. The van der Waals surface area contributed by atoms with Crippen LogP contribution >= 0.6 is 0 Å². The predicted octanol–water partition coefficient (Wildman–Crippen LogP) is 2.70. The van der Waals surface area contributed by atoms with E-state index in [4.69, 9.17) is 9.26 Å². The normalized spacial score (nSPS) is 10.3. The van der Waals surface area contributed by atoms with Gasteiger partial charge in [0.1, 0.15) is 11.4 Å². The molecule has 0 spiro atoms. The van der Waals surface area contributed by atoms with Crippen LogP contribution in [0.5, 0.6) is 5.75 Å². The fourth-order valence-electron chi connectivity index (χ4n) is 2.21. The van der Waals surface area contributed by atoms with Crippen molar-refractivity contribution in [2.75, 3.05) is 12.4 Å². The summed E-state index contributed by atoms with van der Waals surface area (Å²) < 4.78 is 10.1. The molecule has 8 nitrogen and oxygen atoms in total. The Hall–Kier alpha value is -3.68. The van der Waals surface area contributed by atoms with Gasteiger partial charge in [-0.2, -0.15) is 0 Å². The molecule has 0 saturated heterocycles. The molecule has 3 rings (SSSR count). The Labute approximate surface area is 142 Å². The fourth-order valence-corrected chi connectivity index (χ4v) is 2.21. The highest BCUT2D eigenvalue weighted by atomic mass is 16.5. The van der Waals surface area contributed by atoms with Crippen LogP contribution in [0.15, 0.2) is 53.3 Å². The number of hydrogen-bond acceptors (Lipinski definition) is 6. The van der Waals surface area contributed by atoms with Gasteiger partial charge in [-0.05, 0) is 30.3 Å². The zero-order valence-corrected chi connectivity index (χ0v) is 13.1. The van der Waals surface area contributed by atoms with Gasteiger partial charge in [0, 0.05) is 23.5 Å². The summed E-state index contributed by atoms with van der Waals surface area (Å²) in [6.07, 6.45) is 3.01. The number of pyridine rings is 1. The lowest BCUT2D eigenvalue weighted by Gasteiger charge is -2.05. The smallest absolute Gasteiger partial charge is 0.343 e. The number of aromatic nitrogens is 2. The molecule has 0 aliphatic rings. The van der Waals surface area contributed by atoms with Gasteiger partial charge in [0.25, 0.3) is 5.91 Å². The summed E-state index contributed by atoms with van der Waals surface area (Å²) in [5.74, 6) is -1.57. The summed E-state index contributed by atoms with van der Waals surface area (Å²) in [6.45, 7) is 0. The second kappa shape index (κ2) is 6.83. The molecule has 0 bridgehead atoms. The van der Waals surface area contributed by atoms with Crippen LogP contribution in [0, 0.1) is 0 Å². The monoisotopic (exact) mass is 339 g/mol. The molecule has 2 aromatic heterocycles. The Morgan fingerprint density at radius 3 is 2.76 bits per heavy atom. The van der Waals surface area contributed by atoms with Gasteiger partial charge in [-0.3, -0.25) is 15.1 Å². The summed E-state index contributed by atoms with van der Waals surface area (Å²) in [5, 5.41) is 15.6. The van der Waals surface area contributed by atoms with E-state index in [-0.39, 0.29) is 22.7 Å². The average Bonchev–Trinajstić information content (AvgIpc) is 3.06. The number of aromatic carboxylic acids is 1. The number of rotatable bonds is 5. The first-order valence-electron chi connectivity index (χ1n) is 7.19. The van der Waals surface area contributed by atoms with E-state index in [0.717, 1.165) is 0 Å². The largest absolute Gasteiger partial charge is 0.497 e. The molecule has 1 aromatic carbocycles. The maximum absolute atomic E-state index is 12.3. The molecule has 0 aliphatic carbocycles. The molecule has 1 amide bonds. The molecule has 2 N–H and O–H groups in total. The van der Waals surface area contributed by atoms with E-state index in [2.05, 4.69) is 15.5 Å². The van der Waals surface area contributed by atoms with E-state index < -0.39 is 11.9 Å². The second-order valence-corrected chi connectivity index (χ2v) is 4.97. The highest BCUT2D eigenvalue weighted by molar-refractivity contribution is 6.08. The number of carbonyl (C=O) groups is 2. The third-order valence-corrected chi connectivity index (χ3v) is 3.40. The van der Waals surface area contributed by atoms with Crippen molar-refractivity contribution in [2.24, 2.45) is 0 Å². The molecule has 0 radical (unpaired) electrons. The van der Waals surface area contributed by atoms with Crippen molar-refractivity contribution in [2.45, 2.75) is 0 Å². The van der Waals surface area contributed by atoms with Crippen LogP contribution in [0.1, 0.15) is 20.7 Å². The lowest BCUT2D eigenvalue weighted by atomic mass is 10.1. The zero-order valence-electron chi connectivity index (χ0n) is 13.1. The first kappa shape index (κ1) is 16.2. The topological polar surface area (TPSA) is 115 Å². The quantitative estimate of drug-likeness (QED) is 0.734. The minimum atomic E-state index is -1.28. The summed E-state index contributed by atoms with van der Waals surface area (Å²) in [6, 6.07) is 9.71. The first-order valence-corrected chi connectivity index (χ1v) is 7.19. The lowest BCUT2D eigenvalue weighted by molar-refractivity contribution is 0.0698. The Balaban J connectivity index is 1.94. The van der Waals surface area contributed by atoms with Gasteiger partial charge in [-0.1, -0.05) is 11.2 Å². The molecule has 0 saturated carbocycles. The average molecular weight is 339 g/mol. The SMILES string of the molecule is COc1cccc(C(=O)Nc2onc(-c3cccnc3)c2C(=O)O)c1. The van der Waals surface area contributed by atoms with E-state index in [1.807, 2.05) is 0 Å². The van der Waals surface area contributed by atoms with Crippen LogP contribution in [-0.4, -0.2) is 34.2 Å². The number of nitrogens with zero attached hydrogens (tertiary/aromatic N) is 2. The predicted molar refractivity (Wildman–Crippen MR) is 87.6 cm³/mol. The number of carboxylic acids is 1. The van der Waals surface area contributed by atoms with E-state index in [0.29, 0.717) is 11.3 Å². The molecule has 0 atom stereocenters. The summed E-state index contributed by atoms with van der Waals surface area (Å²) in [5.41, 5.74) is 0.589. The Kier molecular flexibility index (Phi) is 4.42. The van der Waals surface area contributed by atoms with Gasteiger partial charge in [0.05, 0.1) is 7.11 Å². The molecular formula is C17H13N3O5. The van der Waals surface area contributed by atoms with Crippen molar-refractivity contribution < 1.29 is 24.0 Å². The molecule has 3 aromatic rings. The van der Waals surface area contributed by atoms with Crippen molar-refractivity contribution in [1.29, 1.82) is 0 Å². The van der Waals surface area contributed by atoms with Gasteiger partial charge in [0.2, 0.25) is 5.88 Å². The van der Waals surface area contributed by atoms with Crippen LogP contribution in [0.25, 0.3) is 11.3 Å². The molecule has 2 heterocycles. The number of anilines is 1. The number of carboxylic acid groups (broad SMARTS) is 1. The van der Waals surface area contributed by atoms with Gasteiger partial charge < -0.3 is 14.4 Å². The van der Waals surface area contributed by atoms with E-state index in [1.165, 1.54) is 19.4 Å². The maximum atomic E-state index is 12.3. The van der Waals surface area contributed by atoms with Crippen LogP contribution < -0.4 is 10.1 Å². The van der Waals surface area contributed by atoms with E-state index in [9.17, 15) is 14.7 Å². The first-order chi connectivity index (χ1) is 12.1. The standard InChI is InChI=1S/C17H13N3O5/c1-24-12-6-2-4-10(8-12)15(21)19-16-13(17(22)23)14(20-25-16)11-5-3-7-18-9-11/h2-9H,1H3,(H,19,21)(H,22,23). The number of methoxy groups -OCH3 is 1. The minimum absolute atomic E-state index is 0.0848. The molecule has 0 unspecified atom stereocenters. The van der Waals surface area contributed by atoms with Crippen LogP contribution in [0.4, 0.5) is 5.88 Å². The summed E-state index contributed by atoms with van der Waals surface area (Å²) in [7, 11) is 1.48. The molecule has 25 heavy (non-hydrogen) atoms. The highest BCUT2D eigenvalue weighted by Crippen LogP contribution is 2.28. The third-order valence-electron chi connectivity index (χ3n) is 3.40. The Morgan fingerprint density at radius 1 is 1.24 bits per heavy atom. The number of hydrogen-bond donors (Lipinski definition) is 2. The van der Waals surface area contributed by atoms with Crippen LogP contribution in [0.2, 0.25) is 0 Å². The summed E-state index contributed by atoms with van der Waals surface area (Å²) in [4.78, 5) is 27.9. The molecular weight excluding hydrogens is 326 g/mol.